The van der Waals surface area contributed by atoms with Gasteiger partial charge in [0.15, 0.2) is 6.29 Å². The molecular formula is C25H31BrO5. The van der Waals surface area contributed by atoms with Gasteiger partial charge in [0.1, 0.15) is 17.6 Å². The van der Waals surface area contributed by atoms with Crippen molar-refractivity contribution in [3.63, 3.8) is 0 Å². The van der Waals surface area contributed by atoms with Gasteiger partial charge in [0.2, 0.25) is 0 Å². The number of alkyl halides is 1. The largest absolute Gasteiger partial charge is 0.497 e. The number of halogens is 1. The van der Waals surface area contributed by atoms with E-state index in [0.717, 1.165) is 23.2 Å². The standard InChI is InChI=1S/C25H31BrO5/c1-25(2,14-13-21(28)15-26)24(31-18-20-9-11-22(29-3)12-10-20)23(16-27)30-17-19-7-5-4-6-8-19/h4-12,16,23-24H,13-15,17-18H2,1-3H3/t23-,24-/m0/s1. The van der Waals surface area contributed by atoms with Crippen molar-refractivity contribution < 1.29 is 23.8 Å². The molecule has 2 atom stereocenters. The molecule has 0 amide bonds. The first-order valence-corrected chi connectivity index (χ1v) is 11.4. The molecule has 0 aromatic heterocycles. The zero-order valence-corrected chi connectivity index (χ0v) is 20.0. The average molecular weight is 491 g/mol. The quantitative estimate of drug-likeness (QED) is 0.271. The van der Waals surface area contributed by atoms with E-state index in [1.54, 1.807) is 7.11 Å². The molecule has 2 aromatic rings. The fraction of sp³-hybridized carbons (Fsp3) is 0.440. The van der Waals surface area contributed by atoms with Crippen LogP contribution in [0.25, 0.3) is 0 Å². The molecule has 5 nitrogen and oxygen atoms in total. The number of carbonyl (C=O) groups excluding carboxylic acids is 2. The van der Waals surface area contributed by atoms with Crippen LogP contribution in [0.1, 0.15) is 37.8 Å². The number of aldehydes is 1. The van der Waals surface area contributed by atoms with Crippen LogP contribution in [0.15, 0.2) is 54.6 Å². The van der Waals surface area contributed by atoms with Gasteiger partial charge in [-0.3, -0.25) is 4.79 Å². The summed E-state index contributed by atoms with van der Waals surface area (Å²) in [6.07, 6.45) is 0.524. The molecule has 0 heterocycles. The summed E-state index contributed by atoms with van der Waals surface area (Å²) in [6.45, 7) is 4.65. The summed E-state index contributed by atoms with van der Waals surface area (Å²) in [5.74, 6) is 0.890. The summed E-state index contributed by atoms with van der Waals surface area (Å²) < 4.78 is 17.4. The van der Waals surface area contributed by atoms with Gasteiger partial charge in [-0.1, -0.05) is 72.2 Å². The first-order valence-electron chi connectivity index (χ1n) is 10.3. The highest BCUT2D eigenvalue weighted by Gasteiger charge is 2.37. The predicted molar refractivity (Wildman–Crippen MR) is 124 cm³/mol. The molecule has 6 heteroatoms. The Bertz CT molecular complexity index is 804. The third kappa shape index (κ3) is 8.20. The number of ether oxygens (including phenoxy) is 3. The molecule has 0 N–H and O–H groups in total. The molecule has 0 spiro atoms. The Hall–Kier alpha value is -2.02. The van der Waals surface area contributed by atoms with Crippen molar-refractivity contribution in [3.05, 3.63) is 65.7 Å². The molecule has 2 rings (SSSR count). The lowest BCUT2D eigenvalue weighted by Crippen LogP contribution is -2.44. The fourth-order valence-electron chi connectivity index (χ4n) is 3.31. The summed E-state index contributed by atoms with van der Waals surface area (Å²) in [6, 6.07) is 17.3. The van der Waals surface area contributed by atoms with E-state index in [0.29, 0.717) is 31.4 Å². The molecule has 0 aliphatic heterocycles. The number of hydrogen-bond acceptors (Lipinski definition) is 5. The number of carbonyl (C=O) groups is 2. The van der Waals surface area contributed by atoms with Crippen molar-refractivity contribution in [2.45, 2.75) is 52.1 Å². The highest BCUT2D eigenvalue weighted by Crippen LogP contribution is 2.33. The summed E-state index contributed by atoms with van der Waals surface area (Å²) in [5, 5.41) is 0.321. The van der Waals surface area contributed by atoms with Gasteiger partial charge in [-0.15, -0.1) is 0 Å². The number of methoxy groups -OCH3 is 1. The molecule has 0 unspecified atom stereocenters. The number of ketones is 1. The molecule has 0 saturated carbocycles. The Kier molecular flexibility index (Phi) is 10.4. The summed E-state index contributed by atoms with van der Waals surface area (Å²) >= 11 is 3.21. The monoisotopic (exact) mass is 490 g/mol. The van der Waals surface area contributed by atoms with Crippen molar-refractivity contribution in [1.82, 2.24) is 0 Å². The minimum Gasteiger partial charge on any atom is -0.497 e. The van der Waals surface area contributed by atoms with Crippen molar-refractivity contribution >= 4 is 28.0 Å². The predicted octanol–water partition coefficient (Wildman–Crippen LogP) is 5.14. The van der Waals surface area contributed by atoms with Crippen LogP contribution >= 0.6 is 15.9 Å². The summed E-state index contributed by atoms with van der Waals surface area (Å²) in [5.41, 5.74) is 1.49. The van der Waals surface area contributed by atoms with Gasteiger partial charge >= 0.3 is 0 Å². The molecule has 0 aliphatic carbocycles. The summed E-state index contributed by atoms with van der Waals surface area (Å²) in [4.78, 5) is 23.9. The van der Waals surface area contributed by atoms with Crippen LogP contribution in [0.3, 0.4) is 0 Å². The van der Waals surface area contributed by atoms with Gasteiger partial charge in [-0.2, -0.15) is 0 Å². The third-order valence-electron chi connectivity index (χ3n) is 5.27. The molecule has 168 valence electrons. The Morgan fingerprint density at radius 3 is 2.19 bits per heavy atom. The minimum absolute atomic E-state index is 0.120. The first-order chi connectivity index (χ1) is 14.9. The van der Waals surface area contributed by atoms with E-state index in [9.17, 15) is 9.59 Å². The van der Waals surface area contributed by atoms with Crippen molar-refractivity contribution in [2.24, 2.45) is 5.41 Å². The van der Waals surface area contributed by atoms with Crippen LogP contribution in [-0.2, 0) is 32.3 Å². The number of rotatable bonds is 14. The molecule has 2 aromatic carbocycles. The molecule has 0 saturated heterocycles. The van der Waals surface area contributed by atoms with E-state index in [2.05, 4.69) is 15.9 Å². The van der Waals surface area contributed by atoms with E-state index in [1.165, 1.54) is 0 Å². The van der Waals surface area contributed by atoms with Crippen LogP contribution in [0.4, 0.5) is 0 Å². The maximum atomic E-state index is 12.0. The first kappa shape index (κ1) is 25.2. The van der Waals surface area contributed by atoms with Gasteiger partial charge in [0.05, 0.1) is 31.8 Å². The van der Waals surface area contributed by atoms with Gasteiger partial charge < -0.3 is 19.0 Å². The highest BCUT2D eigenvalue weighted by molar-refractivity contribution is 9.09. The maximum Gasteiger partial charge on any atom is 0.151 e. The minimum atomic E-state index is -0.757. The van der Waals surface area contributed by atoms with E-state index in [1.807, 2.05) is 68.4 Å². The van der Waals surface area contributed by atoms with Gasteiger partial charge in [-0.05, 0) is 35.1 Å². The fourth-order valence-corrected chi connectivity index (χ4v) is 3.59. The Balaban J connectivity index is 2.14. The van der Waals surface area contributed by atoms with Crippen LogP contribution in [0.5, 0.6) is 5.75 Å². The average Bonchev–Trinajstić information content (AvgIpc) is 2.80. The zero-order chi connectivity index (χ0) is 22.7. The van der Waals surface area contributed by atoms with Gasteiger partial charge in [0.25, 0.3) is 0 Å². The van der Waals surface area contributed by atoms with E-state index < -0.39 is 17.6 Å². The van der Waals surface area contributed by atoms with Crippen LogP contribution in [0.2, 0.25) is 0 Å². The van der Waals surface area contributed by atoms with Crippen LogP contribution in [-0.4, -0.2) is 36.7 Å². The van der Waals surface area contributed by atoms with Crippen molar-refractivity contribution in [1.29, 1.82) is 0 Å². The lowest BCUT2D eigenvalue weighted by Gasteiger charge is -2.37. The smallest absolute Gasteiger partial charge is 0.151 e. The molecule has 31 heavy (non-hydrogen) atoms. The Morgan fingerprint density at radius 2 is 1.61 bits per heavy atom. The molecular weight excluding hydrogens is 460 g/mol. The Labute approximate surface area is 193 Å². The van der Waals surface area contributed by atoms with Crippen molar-refractivity contribution in [3.8, 4) is 5.75 Å². The topological polar surface area (TPSA) is 61.8 Å². The van der Waals surface area contributed by atoms with Crippen LogP contribution < -0.4 is 4.74 Å². The van der Waals surface area contributed by atoms with Crippen molar-refractivity contribution in [2.75, 3.05) is 12.4 Å². The van der Waals surface area contributed by atoms with Crippen LogP contribution in [0, 0.1) is 5.41 Å². The van der Waals surface area contributed by atoms with Gasteiger partial charge in [-0.25, -0.2) is 0 Å². The second-order valence-corrected chi connectivity index (χ2v) is 8.70. The molecule has 0 radical (unpaired) electrons. The highest BCUT2D eigenvalue weighted by atomic mass is 79.9. The summed E-state index contributed by atoms with van der Waals surface area (Å²) in [7, 11) is 1.62. The van der Waals surface area contributed by atoms with E-state index in [-0.39, 0.29) is 5.78 Å². The molecule has 0 aliphatic rings. The third-order valence-corrected chi connectivity index (χ3v) is 5.90. The lowest BCUT2D eigenvalue weighted by molar-refractivity contribution is -0.150. The molecule has 0 bridgehead atoms. The van der Waals surface area contributed by atoms with E-state index >= 15 is 0 Å². The second kappa shape index (κ2) is 12.7. The second-order valence-electron chi connectivity index (χ2n) is 8.14. The maximum absolute atomic E-state index is 12.0. The lowest BCUT2D eigenvalue weighted by atomic mass is 9.79. The SMILES string of the molecule is COc1ccc(CO[C@@H]([C@H](C=O)OCc2ccccc2)C(C)(C)CCC(=O)CBr)cc1. The van der Waals surface area contributed by atoms with Gasteiger partial charge in [0, 0.05) is 6.42 Å². The Morgan fingerprint density at radius 1 is 1.00 bits per heavy atom. The zero-order valence-electron chi connectivity index (χ0n) is 18.4. The normalized spacial score (nSPS) is 13.4. The number of benzene rings is 2. The van der Waals surface area contributed by atoms with E-state index in [4.69, 9.17) is 14.2 Å². The number of Topliss-reactive ketones (excluding diaryl/α,β-unsaturated/α-hetero) is 1. The number of hydrogen-bond donors (Lipinski definition) is 0. The molecule has 0 fully saturated rings.